The minimum Gasteiger partial charge on any atom is -0.493 e. The van der Waals surface area contributed by atoms with Crippen LogP contribution in [0, 0.1) is 13.8 Å². The monoisotopic (exact) mass is 305 g/mol. The maximum atomic E-state index is 11.1. The van der Waals surface area contributed by atoms with E-state index < -0.39 is 5.97 Å². The Labute approximate surface area is 128 Å². The zero-order valence-electron chi connectivity index (χ0n) is 12.5. The smallest absolute Gasteiger partial charge is 0.347 e. The maximum absolute atomic E-state index is 11.1. The number of rotatable bonds is 6. The second-order valence-electron chi connectivity index (χ2n) is 4.91. The third-order valence-corrected chi connectivity index (χ3v) is 4.32. The number of thiazole rings is 1. The van der Waals surface area contributed by atoms with E-state index in [4.69, 9.17) is 9.84 Å². The fourth-order valence-electron chi connectivity index (χ4n) is 2.12. The Morgan fingerprint density at radius 3 is 2.71 bits per heavy atom. The van der Waals surface area contributed by atoms with Gasteiger partial charge in [-0.2, -0.15) is 0 Å². The number of ether oxygens (including phenoxy) is 1. The summed E-state index contributed by atoms with van der Waals surface area (Å²) in [6, 6.07) is 6.06. The topological polar surface area (TPSA) is 59.4 Å². The molecule has 1 aromatic heterocycles. The van der Waals surface area contributed by atoms with Crippen LogP contribution in [0.25, 0.3) is 0 Å². The van der Waals surface area contributed by atoms with Gasteiger partial charge in [-0.25, -0.2) is 9.78 Å². The molecule has 2 rings (SSSR count). The van der Waals surface area contributed by atoms with Gasteiger partial charge in [0.15, 0.2) is 0 Å². The lowest BCUT2D eigenvalue weighted by Gasteiger charge is -2.08. The Balaban J connectivity index is 1.99. The molecular formula is C16H19NO3S. The van der Waals surface area contributed by atoms with Crippen LogP contribution < -0.4 is 4.74 Å². The van der Waals surface area contributed by atoms with Crippen LogP contribution in [0.4, 0.5) is 0 Å². The van der Waals surface area contributed by atoms with Crippen molar-refractivity contribution in [2.75, 3.05) is 6.61 Å². The molecule has 0 saturated carbocycles. The van der Waals surface area contributed by atoms with E-state index in [1.165, 1.54) is 16.9 Å². The number of carboxylic acid groups (broad SMARTS) is 1. The number of hydrogen-bond donors (Lipinski definition) is 1. The first-order valence-corrected chi connectivity index (χ1v) is 7.74. The van der Waals surface area contributed by atoms with Gasteiger partial charge in [-0.1, -0.05) is 24.6 Å². The van der Waals surface area contributed by atoms with E-state index in [1.807, 2.05) is 32.9 Å². The number of carbonyl (C=O) groups is 1. The second kappa shape index (κ2) is 6.72. The second-order valence-corrected chi connectivity index (χ2v) is 5.99. The number of nitrogens with zero attached hydrogens (tertiary/aromatic N) is 1. The first-order chi connectivity index (χ1) is 10.0. The van der Waals surface area contributed by atoms with Gasteiger partial charge in [0, 0.05) is 6.42 Å². The van der Waals surface area contributed by atoms with Crippen LogP contribution in [0.3, 0.4) is 0 Å². The normalized spacial score (nSPS) is 10.6. The van der Waals surface area contributed by atoms with Crippen LogP contribution >= 0.6 is 11.3 Å². The highest BCUT2D eigenvalue weighted by Crippen LogP contribution is 2.22. The molecule has 112 valence electrons. The van der Waals surface area contributed by atoms with Crippen molar-refractivity contribution in [3.63, 3.8) is 0 Å². The van der Waals surface area contributed by atoms with Gasteiger partial charge in [-0.3, -0.25) is 0 Å². The molecular weight excluding hydrogens is 286 g/mol. The van der Waals surface area contributed by atoms with Gasteiger partial charge in [-0.15, -0.1) is 11.3 Å². The van der Waals surface area contributed by atoms with Crippen LogP contribution in [0.1, 0.15) is 38.4 Å². The maximum Gasteiger partial charge on any atom is 0.347 e. The number of hydrogen-bond acceptors (Lipinski definition) is 4. The van der Waals surface area contributed by atoms with E-state index in [9.17, 15) is 4.79 Å². The lowest BCUT2D eigenvalue weighted by molar-refractivity contribution is 0.0701. The van der Waals surface area contributed by atoms with Crippen LogP contribution in [-0.2, 0) is 12.8 Å². The lowest BCUT2D eigenvalue weighted by Crippen LogP contribution is -2.02. The summed E-state index contributed by atoms with van der Waals surface area (Å²) in [7, 11) is 0. The van der Waals surface area contributed by atoms with E-state index >= 15 is 0 Å². The minimum absolute atomic E-state index is 0.346. The highest BCUT2D eigenvalue weighted by Gasteiger charge is 2.15. The Bertz CT molecular complexity index is 649. The third kappa shape index (κ3) is 3.82. The number of aryl methyl sites for hydroxylation is 3. The van der Waals surface area contributed by atoms with Gasteiger partial charge in [0.25, 0.3) is 0 Å². The fraction of sp³-hybridized carbons (Fsp3) is 0.375. The molecule has 1 N–H and O–H groups in total. The van der Waals surface area contributed by atoms with Gasteiger partial charge in [0.1, 0.15) is 10.6 Å². The average molecular weight is 305 g/mol. The molecule has 0 bridgehead atoms. The van der Waals surface area contributed by atoms with Crippen LogP contribution in [0.2, 0.25) is 0 Å². The summed E-state index contributed by atoms with van der Waals surface area (Å²) in [6.45, 7) is 6.48. The van der Waals surface area contributed by atoms with Crippen molar-refractivity contribution in [3.05, 3.63) is 44.9 Å². The molecule has 1 aromatic carbocycles. The molecule has 0 unspecified atom stereocenters. The first kappa shape index (κ1) is 15.5. The van der Waals surface area contributed by atoms with Crippen molar-refractivity contribution < 1.29 is 14.6 Å². The summed E-state index contributed by atoms with van der Waals surface area (Å²) in [6.07, 6.45) is 1.26. The Morgan fingerprint density at radius 2 is 2.14 bits per heavy atom. The van der Waals surface area contributed by atoms with Gasteiger partial charge < -0.3 is 9.84 Å². The minimum atomic E-state index is -0.897. The zero-order valence-corrected chi connectivity index (χ0v) is 13.3. The van der Waals surface area contributed by atoms with Crippen molar-refractivity contribution in [3.8, 4) is 5.75 Å². The fourth-order valence-corrected chi connectivity index (χ4v) is 3.10. The van der Waals surface area contributed by atoms with Crippen LogP contribution in [0.15, 0.2) is 18.2 Å². The molecule has 21 heavy (non-hydrogen) atoms. The SMILES string of the molecule is CCc1nc(CCOc2ccc(C)cc2C)sc1C(=O)O. The first-order valence-electron chi connectivity index (χ1n) is 6.93. The Kier molecular flexibility index (Phi) is 4.96. The Hall–Kier alpha value is -1.88. The summed E-state index contributed by atoms with van der Waals surface area (Å²) in [5.41, 5.74) is 2.97. The van der Waals surface area contributed by atoms with Crippen molar-refractivity contribution in [2.45, 2.75) is 33.6 Å². The highest BCUT2D eigenvalue weighted by molar-refractivity contribution is 7.13. The van der Waals surface area contributed by atoms with Crippen LogP contribution in [0.5, 0.6) is 5.75 Å². The molecule has 0 aliphatic rings. The summed E-state index contributed by atoms with van der Waals surface area (Å²) < 4.78 is 5.76. The molecule has 0 saturated heterocycles. The van der Waals surface area contributed by atoms with E-state index in [1.54, 1.807) is 0 Å². The predicted octanol–water partition coefficient (Wildman–Crippen LogP) is 3.64. The average Bonchev–Trinajstić information content (AvgIpc) is 2.85. The molecule has 0 spiro atoms. The van der Waals surface area contributed by atoms with Gasteiger partial charge in [-0.05, 0) is 31.9 Å². The summed E-state index contributed by atoms with van der Waals surface area (Å²) in [4.78, 5) is 15.8. The third-order valence-electron chi connectivity index (χ3n) is 3.17. The largest absolute Gasteiger partial charge is 0.493 e. The summed E-state index contributed by atoms with van der Waals surface area (Å²) >= 11 is 1.24. The molecule has 4 nitrogen and oxygen atoms in total. The standard InChI is InChI=1S/C16H19NO3S/c1-4-12-15(16(18)19)21-14(17-12)7-8-20-13-6-5-10(2)9-11(13)3/h5-6,9H,4,7-8H2,1-3H3,(H,18,19). The number of aromatic nitrogens is 1. The van der Waals surface area contributed by atoms with Gasteiger partial charge in [0.05, 0.1) is 17.3 Å². The Morgan fingerprint density at radius 1 is 1.38 bits per heavy atom. The van der Waals surface area contributed by atoms with Gasteiger partial charge >= 0.3 is 5.97 Å². The lowest BCUT2D eigenvalue weighted by atomic mass is 10.1. The number of carboxylic acids is 1. The summed E-state index contributed by atoms with van der Waals surface area (Å²) in [5, 5.41) is 9.93. The van der Waals surface area contributed by atoms with E-state index in [-0.39, 0.29) is 0 Å². The molecule has 1 heterocycles. The number of aromatic carboxylic acids is 1. The molecule has 0 aliphatic carbocycles. The summed E-state index contributed by atoms with van der Waals surface area (Å²) in [5.74, 6) is -0.0303. The predicted molar refractivity (Wildman–Crippen MR) is 83.6 cm³/mol. The van der Waals surface area contributed by atoms with Gasteiger partial charge in [0.2, 0.25) is 0 Å². The molecule has 0 atom stereocenters. The zero-order chi connectivity index (χ0) is 15.4. The van der Waals surface area contributed by atoms with E-state index in [0.717, 1.165) is 16.3 Å². The number of benzene rings is 1. The molecule has 2 aromatic rings. The van der Waals surface area contributed by atoms with Crippen molar-refractivity contribution in [2.24, 2.45) is 0 Å². The van der Waals surface area contributed by atoms with E-state index in [2.05, 4.69) is 11.1 Å². The van der Waals surface area contributed by atoms with Crippen molar-refractivity contribution in [1.29, 1.82) is 0 Å². The molecule has 5 heteroatoms. The van der Waals surface area contributed by atoms with E-state index in [0.29, 0.717) is 30.0 Å². The molecule has 0 fully saturated rings. The molecule has 0 amide bonds. The molecule has 0 aliphatic heterocycles. The quantitative estimate of drug-likeness (QED) is 0.885. The van der Waals surface area contributed by atoms with Crippen molar-refractivity contribution >= 4 is 17.3 Å². The van der Waals surface area contributed by atoms with Crippen molar-refractivity contribution in [1.82, 2.24) is 4.98 Å². The highest BCUT2D eigenvalue weighted by atomic mass is 32.1. The molecule has 0 radical (unpaired) electrons. The van der Waals surface area contributed by atoms with Crippen LogP contribution in [-0.4, -0.2) is 22.7 Å².